The molecule has 0 unspecified atom stereocenters. The first-order chi connectivity index (χ1) is 8.19. The van der Waals surface area contributed by atoms with Crippen molar-refractivity contribution in [2.45, 2.75) is 13.8 Å². The topological polar surface area (TPSA) is 37.8 Å². The Hall–Kier alpha value is -1.97. The third-order valence-corrected chi connectivity index (χ3v) is 2.31. The summed E-state index contributed by atoms with van der Waals surface area (Å²) in [5, 5.41) is 3.14. The van der Waals surface area contributed by atoms with E-state index in [9.17, 15) is 4.39 Å². The zero-order valence-corrected chi connectivity index (χ0v) is 9.87. The van der Waals surface area contributed by atoms with Crippen LogP contribution in [0.5, 0.6) is 0 Å². The summed E-state index contributed by atoms with van der Waals surface area (Å²) in [6, 6.07) is 8.07. The molecule has 1 N–H and O–H groups in total. The summed E-state index contributed by atoms with van der Waals surface area (Å²) in [6.07, 6.45) is 0. The molecule has 0 saturated carbocycles. The Morgan fingerprint density at radius 2 is 1.88 bits per heavy atom. The quantitative estimate of drug-likeness (QED) is 0.882. The fraction of sp³-hybridized carbons (Fsp3) is 0.231. The minimum Gasteiger partial charge on any atom is -0.370 e. The Balaban J connectivity index is 2.40. The monoisotopic (exact) mass is 231 g/mol. The van der Waals surface area contributed by atoms with E-state index < -0.39 is 0 Å². The van der Waals surface area contributed by atoms with E-state index in [0.717, 1.165) is 23.6 Å². The Morgan fingerprint density at radius 1 is 1.18 bits per heavy atom. The Morgan fingerprint density at radius 3 is 2.53 bits per heavy atom. The van der Waals surface area contributed by atoms with Gasteiger partial charge in [-0.25, -0.2) is 14.4 Å². The van der Waals surface area contributed by atoms with E-state index in [1.807, 2.05) is 19.9 Å². The molecule has 0 spiro atoms. The first-order valence-corrected chi connectivity index (χ1v) is 5.54. The predicted molar refractivity (Wildman–Crippen MR) is 66.3 cm³/mol. The minimum atomic E-state index is -0.256. The molecule has 3 nitrogen and oxygen atoms in total. The summed E-state index contributed by atoms with van der Waals surface area (Å²) in [5.74, 6) is 1.15. The molecule has 0 saturated heterocycles. The van der Waals surface area contributed by atoms with Gasteiger partial charge in [0.15, 0.2) is 5.82 Å². The second kappa shape index (κ2) is 4.91. The maximum Gasteiger partial charge on any atom is 0.161 e. The minimum absolute atomic E-state index is 0.256. The highest BCUT2D eigenvalue weighted by molar-refractivity contribution is 5.57. The van der Waals surface area contributed by atoms with E-state index in [1.165, 1.54) is 12.1 Å². The molecule has 0 aliphatic carbocycles. The third kappa shape index (κ3) is 2.78. The van der Waals surface area contributed by atoms with E-state index in [0.29, 0.717) is 5.82 Å². The van der Waals surface area contributed by atoms with Gasteiger partial charge in [0, 0.05) is 23.9 Å². The zero-order valence-electron chi connectivity index (χ0n) is 9.87. The van der Waals surface area contributed by atoms with Crippen LogP contribution < -0.4 is 5.32 Å². The van der Waals surface area contributed by atoms with Crippen molar-refractivity contribution in [1.82, 2.24) is 9.97 Å². The third-order valence-electron chi connectivity index (χ3n) is 2.31. The summed E-state index contributed by atoms with van der Waals surface area (Å²) < 4.78 is 12.8. The van der Waals surface area contributed by atoms with Gasteiger partial charge in [0.1, 0.15) is 11.6 Å². The van der Waals surface area contributed by atoms with Crippen molar-refractivity contribution in [3.8, 4) is 11.4 Å². The normalized spacial score (nSPS) is 10.3. The SMILES string of the molecule is CCNc1cc(C)nc(-c2ccc(F)cc2)n1. The summed E-state index contributed by atoms with van der Waals surface area (Å²) >= 11 is 0. The van der Waals surface area contributed by atoms with Crippen molar-refractivity contribution in [2.24, 2.45) is 0 Å². The number of hydrogen-bond donors (Lipinski definition) is 1. The number of aryl methyl sites for hydroxylation is 1. The van der Waals surface area contributed by atoms with E-state index in [-0.39, 0.29) is 5.82 Å². The van der Waals surface area contributed by atoms with Crippen molar-refractivity contribution >= 4 is 5.82 Å². The van der Waals surface area contributed by atoms with Gasteiger partial charge in [-0.3, -0.25) is 0 Å². The standard InChI is InChI=1S/C13H14FN3/c1-3-15-12-8-9(2)16-13(17-12)10-4-6-11(14)7-5-10/h4-8H,3H2,1-2H3,(H,15,16,17). The fourth-order valence-electron chi connectivity index (χ4n) is 1.57. The van der Waals surface area contributed by atoms with Crippen LogP contribution in [0.2, 0.25) is 0 Å². The van der Waals surface area contributed by atoms with Gasteiger partial charge >= 0.3 is 0 Å². The van der Waals surface area contributed by atoms with Crippen LogP contribution in [0, 0.1) is 12.7 Å². The van der Waals surface area contributed by atoms with Gasteiger partial charge in [-0.1, -0.05) is 0 Å². The number of nitrogens with one attached hydrogen (secondary N) is 1. The van der Waals surface area contributed by atoms with Gasteiger partial charge < -0.3 is 5.32 Å². The highest BCUT2D eigenvalue weighted by Crippen LogP contribution is 2.18. The number of anilines is 1. The number of rotatable bonds is 3. The highest BCUT2D eigenvalue weighted by Gasteiger charge is 2.04. The lowest BCUT2D eigenvalue weighted by atomic mass is 10.2. The van der Waals surface area contributed by atoms with Crippen LogP contribution in [0.1, 0.15) is 12.6 Å². The smallest absolute Gasteiger partial charge is 0.161 e. The van der Waals surface area contributed by atoms with Crippen molar-refractivity contribution < 1.29 is 4.39 Å². The summed E-state index contributed by atoms with van der Waals surface area (Å²) in [6.45, 7) is 4.73. The molecule has 17 heavy (non-hydrogen) atoms. The molecule has 0 aliphatic heterocycles. The van der Waals surface area contributed by atoms with E-state index in [4.69, 9.17) is 0 Å². The second-order valence-corrected chi connectivity index (χ2v) is 3.76. The van der Waals surface area contributed by atoms with Gasteiger partial charge in [0.2, 0.25) is 0 Å². The van der Waals surface area contributed by atoms with E-state index in [2.05, 4.69) is 15.3 Å². The van der Waals surface area contributed by atoms with Crippen LogP contribution >= 0.6 is 0 Å². The summed E-state index contributed by atoms with van der Waals surface area (Å²) in [7, 11) is 0. The van der Waals surface area contributed by atoms with Crippen LogP contribution in [-0.4, -0.2) is 16.5 Å². The molecule has 0 bridgehead atoms. The second-order valence-electron chi connectivity index (χ2n) is 3.76. The largest absolute Gasteiger partial charge is 0.370 e. The molecule has 0 aliphatic rings. The van der Waals surface area contributed by atoms with Gasteiger partial charge in [0.05, 0.1) is 0 Å². The van der Waals surface area contributed by atoms with Crippen LogP contribution in [0.25, 0.3) is 11.4 Å². The van der Waals surface area contributed by atoms with Crippen LogP contribution in [-0.2, 0) is 0 Å². The first-order valence-electron chi connectivity index (χ1n) is 5.54. The highest BCUT2D eigenvalue weighted by atomic mass is 19.1. The Kier molecular flexibility index (Phi) is 3.32. The number of halogens is 1. The molecule has 88 valence electrons. The van der Waals surface area contributed by atoms with Crippen LogP contribution in [0.15, 0.2) is 30.3 Å². The maximum absolute atomic E-state index is 12.8. The van der Waals surface area contributed by atoms with Crippen molar-refractivity contribution in [2.75, 3.05) is 11.9 Å². The number of hydrogen-bond acceptors (Lipinski definition) is 3. The molecule has 0 amide bonds. The molecule has 2 aromatic rings. The van der Waals surface area contributed by atoms with E-state index >= 15 is 0 Å². The molecule has 2 rings (SSSR count). The lowest BCUT2D eigenvalue weighted by Crippen LogP contribution is -2.02. The average Bonchev–Trinajstić information content (AvgIpc) is 2.29. The maximum atomic E-state index is 12.8. The summed E-state index contributed by atoms with van der Waals surface area (Å²) in [4.78, 5) is 8.72. The van der Waals surface area contributed by atoms with Crippen LogP contribution in [0.4, 0.5) is 10.2 Å². The lowest BCUT2D eigenvalue weighted by Gasteiger charge is -2.06. The molecule has 0 fully saturated rings. The molecular formula is C13H14FN3. The molecule has 0 atom stereocenters. The van der Waals surface area contributed by atoms with Gasteiger partial charge in [0.25, 0.3) is 0 Å². The average molecular weight is 231 g/mol. The van der Waals surface area contributed by atoms with Gasteiger partial charge in [-0.2, -0.15) is 0 Å². The number of nitrogens with zero attached hydrogens (tertiary/aromatic N) is 2. The Labute approximate surface area is 99.7 Å². The summed E-state index contributed by atoms with van der Waals surface area (Å²) in [5.41, 5.74) is 1.70. The van der Waals surface area contributed by atoms with Crippen molar-refractivity contribution in [3.05, 3.63) is 41.8 Å². The first kappa shape index (κ1) is 11.5. The molecule has 1 aromatic heterocycles. The van der Waals surface area contributed by atoms with Crippen molar-refractivity contribution in [1.29, 1.82) is 0 Å². The Bertz CT molecular complexity index is 509. The van der Waals surface area contributed by atoms with E-state index in [1.54, 1.807) is 12.1 Å². The molecule has 1 heterocycles. The van der Waals surface area contributed by atoms with Crippen molar-refractivity contribution in [3.63, 3.8) is 0 Å². The predicted octanol–water partition coefficient (Wildman–Crippen LogP) is 3.02. The fourth-order valence-corrected chi connectivity index (χ4v) is 1.57. The van der Waals surface area contributed by atoms with Gasteiger partial charge in [-0.05, 0) is 38.1 Å². The van der Waals surface area contributed by atoms with Crippen LogP contribution in [0.3, 0.4) is 0 Å². The number of aromatic nitrogens is 2. The number of benzene rings is 1. The molecule has 0 radical (unpaired) electrons. The lowest BCUT2D eigenvalue weighted by molar-refractivity contribution is 0.628. The molecule has 1 aromatic carbocycles. The molecule has 4 heteroatoms. The zero-order chi connectivity index (χ0) is 12.3. The van der Waals surface area contributed by atoms with Gasteiger partial charge in [-0.15, -0.1) is 0 Å². The molecular weight excluding hydrogens is 217 g/mol.